The highest BCUT2D eigenvalue weighted by Crippen LogP contribution is 2.24. The first-order valence-corrected chi connectivity index (χ1v) is 9.99. The maximum Gasteiger partial charge on any atom is 0.279 e. The normalized spacial score (nSPS) is 14.9. The van der Waals surface area contributed by atoms with Crippen molar-refractivity contribution in [3.05, 3.63) is 69.6 Å². The minimum atomic E-state index is -0.255. The van der Waals surface area contributed by atoms with E-state index in [2.05, 4.69) is 5.10 Å². The molecule has 1 saturated carbocycles. The highest BCUT2D eigenvalue weighted by atomic mass is 35.5. The van der Waals surface area contributed by atoms with E-state index in [9.17, 15) is 9.59 Å². The van der Waals surface area contributed by atoms with Gasteiger partial charge >= 0.3 is 0 Å². The van der Waals surface area contributed by atoms with Gasteiger partial charge in [-0.05, 0) is 43.2 Å². The standard InChI is InChI=1S/C22H22ClN3O2/c1-25(16-7-3-2-4-8-16)22(28)20-18-9-5-6-10-19(18)21(27)26(24-20)17-13-11-15(23)12-14-17/h5-6,9-14,16H,2-4,7-8H2,1H3. The van der Waals surface area contributed by atoms with E-state index in [1.54, 1.807) is 47.4 Å². The zero-order valence-electron chi connectivity index (χ0n) is 15.8. The van der Waals surface area contributed by atoms with Crippen molar-refractivity contribution in [1.82, 2.24) is 14.7 Å². The van der Waals surface area contributed by atoms with Crippen LogP contribution in [0.2, 0.25) is 5.02 Å². The molecule has 2 aromatic carbocycles. The van der Waals surface area contributed by atoms with Crippen LogP contribution in [0.25, 0.3) is 16.5 Å². The molecule has 0 saturated heterocycles. The molecule has 0 radical (unpaired) electrons. The van der Waals surface area contributed by atoms with Gasteiger partial charge < -0.3 is 4.90 Å². The number of amides is 1. The molecule has 1 aromatic heterocycles. The Labute approximate surface area is 168 Å². The van der Waals surface area contributed by atoms with Crippen molar-refractivity contribution in [3.63, 3.8) is 0 Å². The fourth-order valence-electron chi connectivity index (χ4n) is 3.91. The number of nitrogens with zero attached hydrogens (tertiary/aromatic N) is 3. The SMILES string of the molecule is CN(C(=O)c1nn(-c2ccc(Cl)cc2)c(=O)c2ccccc12)C1CCCCC1. The summed E-state index contributed by atoms with van der Waals surface area (Å²) in [5.41, 5.74) is 0.627. The Balaban J connectivity index is 1.85. The van der Waals surface area contributed by atoms with E-state index in [1.807, 2.05) is 13.1 Å². The second-order valence-corrected chi connectivity index (χ2v) is 7.73. The highest BCUT2D eigenvalue weighted by molar-refractivity contribution is 6.30. The van der Waals surface area contributed by atoms with Gasteiger partial charge in [0.25, 0.3) is 11.5 Å². The summed E-state index contributed by atoms with van der Waals surface area (Å²) in [5.74, 6) is -0.147. The monoisotopic (exact) mass is 395 g/mol. The predicted molar refractivity (Wildman–Crippen MR) is 111 cm³/mol. The van der Waals surface area contributed by atoms with Crippen LogP contribution in [0.4, 0.5) is 0 Å². The molecular weight excluding hydrogens is 374 g/mol. The Hall–Kier alpha value is -2.66. The van der Waals surface area contributed by atoms with Gasteiger partial charge in [-0.3, -0.25) is 9.59 Å². The minimum absolute atomic E-state index is 0.147. The topological polar surface area (TPSA) is 55.2 Å². The van der Waals surface area contributed by atoms with Crippen LogP contribution in [-0.2, 0) is 0 Å². The van der Waals surface area contributed by atoms with Crippen molar-refractivity contribution in [3.8, 4) is 5.69 Å². The van der Waals surface area contributed by atoms with E-state index in [4.69, 9.17) is 11.6 Å². The Morgan fingerprint density at radius 1 is 1.04 bits per heavy atom. The number of hydrogen-bond acceptors (Lipinski definition) is 3. The molecule has 1 fully saturated rings. The lowest BCUT2D eigenvalue weighted by Gasteiger charge is -2.31. The zero-order valence-corrected chi connectivity index (χ0v) is 16.5. The first-order chi connectivity index (χ1) is 13.6. The molecule has 1 aliphatic rings. The number of halogens is 1. The molecule has 0 N–H and O–H groups in total. The molecule has 0 spiro atoms. The molecule has 5 nitrogen and oxygen atoms in total. The van der Waals surface area contributed by atoms with Crippen molar-refractivity contribution in [2.45, 2.75) is 38.1 Å². The van der Waals surface area contributed by atoms with Crippen LogP contribution in [0.15, 0.2) is 53.3 Å². The maximum absolute atomic E-state index is 13.3. The summed E-state index contributed by atoms with van der Waals surface area (Å²) in [4.78, 5) is 28.1. The number of benzene rings is 2. The fourth-order valence-corrected chi connectivity index (χ4v) is 4.03. The van der Waals surface area contributed by atoms with Crippen molar-refractivity contribution < 1.29 is 4.79 Å². The van der Waals surface area contributed by atoms with Gasteiger partial charge in [0.1, 0.15) is 0 Å². The molecule has 3 aromatic rings. The number of carbonyl (C=O) groups is 1. The van der Waals surface area contributed by atoms with Crippen molar-refractivity contribution in [1.29, 1.82) is 0 Å². The van der Waals surface area contributed by atoms with Crippen LogP contribution >= 0.6 is 11.6 Å². The van der Waals surface area contributed by atoms with Crippen LogP contribution in [0.5, 0.6) is 0 Å². The van der Waals surface area contributed by atoms with Gasteiger partial charge in [0.15, 0.2) is 5.69 Å². The summed E-state index contributed by atoms with van der Waals surface area (Å²) < 4.78 is 1.29. The lowest BCUT2D eigenvalue weighted by molar-refractivity contribution is 0.0690. The van der Waals surface area contributed by atoms with Crippen LogP contribution in [0.3, 0.4) is 0 Å². The zero-order chi connectivity index (χ0) is 19.7. The first-order valence-electron chi connectivity index (χ1n) is 9.61. The van der Waals surface area contributed by atoms with E-state index in [0.717, 1.165) is 25.7 Å². The van der Waals surface area contributed by atoms with Crippen molar-refractivity contribution in [2.75, 3.05) is 7.05 Å². The van der Waals surface area contributed by atoms with Gasteiger partial charge in [0, 0.05) is 23.5 Å². The third kappa shape index (κ3) is 3.42. The lowest BCUT2D eigenvalue weighted by atomic mass is 9.94. The van der Waals surface area contributed by atoms with Gasteiger partial charge in [0.2, 0.25) is 0 Å². The Kier molecular flexibility index (Phi) is 5.18. The number of carbonyl (C=O) groups excluding carboxylic acids is 1. The Morgan fingerprint density at radius 2 is 1.68 bits per heavy atom. The van der Waals surface area contributed by atoms with E-state index in [1.165, 1.54) is 11.1 Å². The van der Waals surface area contributed by atoms with Crippen LogP contribution in [0.1, 0.15) is 42.6 Å². The smallest absolute Gasteiger partial charge is 0.279 e. The molecule has 1 amide bonds. The average Bonchev–Trinajstić information content (AvgIpc) is 2.74. The third-order valence-corrected chi connectivity index (χ3v) is 5.77. The summed E-state index contributed by atoms with van der Waals surface area (Å²) in [6, 6.07) is 14.2. The number of rotatable bonds is 3. The van der Waals surface area contributed by atoms with Gasteiger partial charge in [-0.25, -0.2) is 0 Å². The molecule has 0 unspecified atom stereocenters. The minimum Gasteiger partial charge on any atom is -0.337 e. The first kappa shape index (κ1) is 18.7. The maximum atomic E-state index is 13.3. The third-order valence-electron chi connectivity index (χ3n) is 5.52. The number of hydrogen-bond donors (Lipinski definition) is 0. The largest absolute Gasteiger partial charge is 0.337 e. The van der Waals surface area contributed by atoms with Crippen LogP contribution in [0, 0.1) is 0 Å². The van der Waals surface area contributed by atoms with E-state index in [0.29, 0.717) is 27.2 Å². The molecule has 1 aliphatic carbocycles. The molecule has 4 rings (SSSR count). The van der Waals surface area contributed by atoms with Gasteiger partial charge in [-0.15, -0.1) is 0 Å². The van der Waals surface area contributed by atoms with Gasteiger partial charge in [-0.2, -0.15) is 9.78 Å². The predicted octanol–water partition coefficient (Wildman–Crippen LogP) is 4.44. The molecule has 0 bridgehead atoms. The summed E-state index contributed by atoms with van der Waals surface area (Å²) in [6.07, 6.45) is 5.52. The van der Waals surface area contributed by atoms with E-state index < -0.39 is 0 Å². The van der Waals surface area contributed by atoms with Crippen molar-refractivity contribution >= 4 is 28.3 Å². The molecule has 144 valence electrons. The molecule has 1 heterocycles. The number of aromatic nitrogens is 2. The Bertz CT molecular complexity index is 1070. The molecule has 28 heavy (non-hydrogen) atoms. The lowest BCUT2D eigenvalue weighted by Crippen LogP contribution is -2.39. The highest BCUT2D eigenvalue weighted by Gasteiger charge is 2.26. The summed E-state index contributed by atoms with van der Waals surface area (Å²) >= 11 is 5.97. The average molecular weight is 396 g/mol. The van der Waals surface area contributed by atoms with E-state index in [-0.39, 0.29) is 17.5 Å². The Morgan fingerprint density at radius 3 is 2.36 bits per heavy atom. The second kappa shape index (κ2) is 7.76. The van der Waals surface area contributed by atoms with Crippen LogP contribution in [-0.4, -0.2) is 33.7 Å². The van der Waals surface area contributed by atoms with Crippen LogP contribution < -0.4 is 5.56 Å². The summed E-state index contributed by atoms with van der Waals surface area (Å²) in [6.45, 7) is 0. The fraction of sp³-hybridized carbons (Fsp3) is 0.318. The van der Waals surface area contributed by atoms with Crippen molar-refractivity contribution in [2.24, 2.45) is 0 Å². The summed E-state index contributed by atoms with van der Waals surface area (Å²) in [5, 5.41) is 6.13. The number of fused-ring (bicyclic) bond motifs is 1. The van der Waals surface area contributed by atoms with Gasteiger partial charge in [-0.1, -0.05) is 49.1 Å². The molecule has 6 heteroatoms. The van der Waals surface area contributed by atoms with E-state index >= 15 is 0 Å². The van der Waals surface area contributed by atoms with Gasteiger partial charge in [0.05, 0.1) is 11.1 Å². The molecule has 0 aliphatic heterocycles. The quantitative estimate of drug-likeness (QED) is 0.658. The second-order valence-electron chi connectivity index (χ2n) is 7.30. The molecular formula is C22H22ClN3O2. The summed E-state index contributed by atoms with van der Waals surface area (Å²) in [7, 11) is 1.84. The molecule has 0 atom stereocenters.